The van der Waals surface area contributed by atoms with Gasteiger partial charge in [-0.3, -0.25) is 24.6 Å². The highest BCUT2D eigenvalue weighted by atomic mass is 16.5. The van der Waals surface area contributed by atoms with Crippen molar-refractivity contribution in [1.29, 1.82) is 0 Å². The summed E-state index contributed by atoms with van der Waals surface area (Å²) >= 11 is 0. The second kappa shape index (κ2) is 6.90. The molecule has 0 aliphatic carbocycles. The fraction of sp³-hybridized carbons (Fsp3) is 0.348. The monoisotopic (exact) mass is 421 g/mol. The van der Waals surface area contributed by atoms with Crippen LogP contribution in [0.3, 0.4) is 0 Å². The van der Waals surface area contributed by atoms with Gasteiger partial charge < -0.3 is 15.2 Å². The molecule has 2 fully saturated rings. The number of fused-ring (bicyclic) bond motifs is 4. The van der Waals surface area contributed by atoms with Gasteiger partial charge in [-0.05, 0) is 19.1 Å². The number of para-hydroxylation sites is 2. The van der Waals surface area contributed by atoms with Crippen molar-refractivity contribution in [2.75, 3.05) is 12.4 Å². The van der Waals surface area contributed by atoms with Crippen molar-refractivity contribution in [2.24, 2.45) is 11.8 Å². The summed E-state index contributed by atoms with van der Waals surface area (Å²) in [6, 6.07) is 13.6. The molecule has 2 aromatic rings. The lowest BCUT2D eigenvalue weighted by atomic mass is 9.76. The first-order chi connectivity index (χ1) is 14.9. The van der Waals surface area contributed by atoms with Crippen molar-refractivity contribution in [1.82, 2.24) is 10.2 Å². The topological polar surface area (TPSA) is 108 Å². The van der Waals surface area contributed by atoms with Gasteiger partial charge in [0.25, 0.3) is 0 Å². The van der Waals surface area contributed by atoms with Crippen LogP contribution in [0, 0.1) is 11.8 Å². The van der Waals surface area contributed by atoms with E-state index < -0.39 is 41.3 Å². The van der Waals surface area contributed by atoms with Gasteiger partial charge in [-0.25, -0.2) is 0 Å². The number of methoxy groups -OCH3 is 1. The number of carbonyl (C=O) groups excluding carboxylic acids is 3. The number of carbonyl (C=O) groups is 3. The summed E-state index contributed by atoms with van der Waals surface area (Å²) in [6.07, 6.45) is -0.935. The molecule has 1 spiro atoms. The maximum atomic E-state index is 13.6. The zero-order valence-corrected chi connectivity index (χ0v) is 17.2. The van der Waals surface area contributed by atoms with Gasteiger partial charge in [0.2, 0.25) is 17.7 Å². The van der Waals surface area contributed by atoms with E-state index in [9.17, 15) is 19.5 Å². The second-order valence-corrected chi connectivity index (χ2v) is 8.30. The predicted octanol–water partition coefficient (Wildman–Crippen LogP) is 0.997. The lowest BCUT2D eigenvalue weighted by Crippen LogP contribution is -2.54. The van der Waals surface area contributed by atoms with Crippen LogP contribution in [0.4, 0.5) is 5.69 Å². The standard InChI is InChI=1S/C23H23N3O5/c1-12(27)19-17-18(23(25-19)14-8-4-5-9-15(14)24-22(23)30)21(29)26(20(17)28)11-13-7-3-6-10-16(13)31-2/h3-10,12,17-19,25,27H,11H2,1-2H3,(H,24,30)/t12-,17-,18-,19+,23-/m0/s1. The lowest BCUT2D eigenvalue weighted by Gasteiger charge is -2.30. The van der Waals surface area contributed by atoms with Gasteiger partial charge in [0.1, 0.15) is 11.3 Å². The van der Waals surface area contributed by atoms with Gasteiger partial charge in [-0.2, -0.15) is 0 Å². The molecule has 3 heterocycles. The van der Waals surface area contributed by atoms with Gasteiger partial charge in [0, 0.05) is 22.9 Å². The van der Waals surface area contributed by atoms with Crippen LogP contribution in [0.5, 0.6) is 5.75 Å². The number of aliphatic hydroxyl groups is 1. The Kier molecular flexibility index (Phi) is 4.39. The Balaban J connectivity index is 1.60. The lowest BCUT2D eigenvalue weighted by molar-refractivity contribution is -0.143. The number of aliphatic hydroxyl groups excluding tert-OH is 1. The Bertz CT molecular complexity index is 1100. The third-order valence-corrected chi connectivity index (χ3v) is 6.69. The van der Waals surface area contributed by atoms with Crippen molar-refractivity contribution in [2.45, 2.75) is 31.2 Å². The van der Waals surface area contributed by atoms with E-state index in [0.717, 1.165) is 0 Å². The molecule has 8 heteroatoms. The number of amides is 3. The summed E-state index contributed by atoms with van der Waals surface area (Å²) in [5.74, 6) is -2.43. The molecular formula is C23H23N3O5. The van der Waals surface area contributed by atoms with E-state index in [2.05, 4.69) is 10.6 Å². The number of benzene rings is 2. The molecule has 0 radical (unpaired) electrons. The SMILES string of the molecule is COc1ccccc1CN1C(=O)[C@@H]2[C@@H]([C@H](C)O)N[C@]3(C(=O)Nc4ccccc43)[C@@H]2C1=O. The third-order valence-electron chi connectivity index (χ3n) is 6.69. The average Bonchev–Trinajstić information content (AvgIpc) is 3.35. The Morgan fingerprint density at radius 1 is 1.10 bits per heavy atom. The first-order valence-corrected chi connectivity index (χ1v) is 10.2. The van der Waals surface area contributed by atoms with E-state index in [4.69, 9.17) is 4.74 Å². The van der Waals surface area contributed by atoms with Crippen LogP contribution in [0.2, 0.25) is 0 Å². The number of hydrogen-bond donors (Lipinski definition) is 3. The molecule has 3 N–H and O–H groups in total. The van der Waals surface area contributed by atoms with Gasteiger partial charge in [0.05, 0.1) is 31.6 Å². The van der Waals surface area contributed by atoms with Crippen LogP contribution in [0.25, 0.3) is 0 Å². The summed E-state index contributed by atoms with van der Waals surface area (Å²) in [5, 5.41) is 16.5. The van der Waals surface area contributed by atoms with Crippen molar-refractivity contribution < 1.29 is 24.2 Å². The Morgan fingerprint density at radius 3 is 2.55 bits per heavy atom. The predicted molar refractivity (Wildman–Crippen MR) is 111 cm³/mol. The molecule has 3 aliphatic rings. The quantitative estimate of drug-likeness (QED) is 0.636. The maximum absolute atomic E-state index is 13.6. The van der Waals surface area contributed by atoms with E-state index in [-0.39, 0.29) is 12.5 Å². The minimum absolute atomic E-state index is 0.0422. The van der Waals surface area contributed by atoms with Gasteiger partial charge >= 0.3 is 0 Å². The molecule has 2 aromatic carbocycles. The van der Waals surface area contributed by atoms with Crippen LogP contribution in [0.15, 0.2) is 48.5 Å². The van der Waals surface area contributed by atoms with Gasteiger partial charge in [-0.1, -0.05) is 36.4 Å². The zero-order valence-electron chi connectivity index (χ0n) is 17.2. The molecule has 0 unspecified atom stereocenters. The summed E-state index contributed by atoms with van der Waals surface area (Å²) in [4.78, 5) is 41.5. The van der Waals surface area contributed by atoms with E-state index >= 15 is 0 Å². The van der Waals surface area contributed by atoms with Crippen molar-refractivity contribution >= 4 is 23.4 Å². The molecule has 5 atom stereocenters. The summed E-state index contributed by atoms with van der Waals surface area (Å²) in [7, 11) is 1.53. The number of ether oxygens (including phenoxy) is 1. The van der Waals surface area contributed by atoms with Crippen molar-refractivity contribution in [3.8, 4) is 5.75 Å². The molecule has 0 bridgehead atoms. The number of nitrogens with zero attached hydrogens (tertiary/aromatic N) is 1. The second-order valence-electron chi connectivity index (χ2n) is 8.30. The number of rotatable bonds is 4. The molecule has 160 valence electrons. The van der Waals surface area contributed by atoms with E-state index in [1.807, 2.05) is 12.1 Å². The minimum Gasteiger partial charge on any atom is -0.496 e. The van der Waals surface area contributed by atoms with Crippen LogP contribution in [0.1, 0.15) is 18.1 Å². The number of imide groups is 1. The summed E-state index contributed by atoms with van der Waals surface area (Å²) in [5.41, 5.74) is 0.524. The average molecular weight is 421 g/mol. The minimum atomic E-state index is -1.40. The number of nitrogens with one attached hydrogen (secondary N) is 2. The molecular weight excluding hydrogens is 398 g/mol. The third kappa shape index (κ3) is 2.58. The first kappa shape index (κ1) is 19.7. The highest BCUT2D eigenvalue weighted by Crippen LogP contribution is 2.53. The molecule has 0 saturated carbocycles. The number of anilines is 1. The molecule has 3 aliphatic heterocycles. The van der Waals surface area contributed by atoms with E-state index in [0.29, 0.717) is 22.6 Å². The number of likely N-dealkylation sites (tertiary alicyclic amines) is 1. The van der Waals surface area contributed by atoms with E-state index in [1.54, 1.807) is 43.3 Å². The van der Waals surface area contributed by atoms with Crippen LogP contribution in [-0.4, -0.2) is 47.0 Å². The van der Waals surface area contributed by atoms with Crippen molar-refractivity contribution in [3.05, 3.63) is 59.7 Å². The summed E-state index contributed by atoms with van der Waals surface area (Å²) in [6.45, 7) is 1.60. The van der Waals surface area contributed by atoms with Crippen LogP contribution in [-0.2, 0) is 26.5 Å². The highest BCUT2D eigenvalue weighted by Gasteiger charge is 2.71. The zero-order chi connectivity index (χ0) is 21.9. The Hall–Kier alpha value is -3.23. The Morgan fingerprint density at radius 2 is 1.81 bits per heavy atom. The van der Waals surface area contributed by atoms with E-state index in [1.165, 1.54) is 12.0 Å². The van der Waals surface area contributed by atoms with Crippen molar-refractivity contribution in [3.63, 3.8) is 0 Å². The first-order valence-electron chi connectivity index (χ1n) is 10.2. The largest absolute Gasteiger partial charge is 0.496 e. The van der Waals surface area contributed by atoms with Gasteiger partial charge in [0.15, 0.2) is 0 Å². The Labute approximate surface area is 179 Å². The number of hydrogen-bond acceptors (Lipinski definition) is 6. The van der Waals surface area contributed by atoms with Crippen LogP contribution < -0.4 is 15.4 Å². The molecule has 2 saturated heterocycles. The smallest absolute Gasteiger partial charge is 0.250 e. The molecule has 3 amide bonds. The highest BCUT2D eigenvalue weighted by molar-refractivity contribution is 6.15. The van der Waals surface area contributed by atoms with Gasteiger partial charge in [-0.15, -0.1) is 0 Å². The van der Waals surface area contributed by atoms with Crippen LogP contribution >= 0.6 is 0 Å². The molecule has 0 aromatic heterocycles. The fourth-order valence-corrected chi connectivity index (χ4v) is 5.32. The summed E-state index contributed by atoms with van der Waals surface area (Å²) < 4.78 is 5.37. The maximum Gasteiger partial charge on any atom is 0.250 e. The normalized spacial score (nSPS) is 29.8. The molecule has 8 nitrogen and oxygen atoms in total. The molecule has 5 rings (SSSR count). The fourth-order valence-electron chi connectivity index (χ4n) is 5.32. The molecule has 31 heavy (non-hydrogen) atoms.